The third-order valence-corrected chi connectivity index (χ3v) is 3.76. The highest BCUT2D eigenvalue weighted by atomic mass is 79.9. The molecule has 1 aromatic carbocycles. The SMILES string of the molecule is COc1c(O)c(F)cc(Br)c1C1CCCNC1. The van der Waals surface area contributed by atoms with Gasteiger partial charge in [0.1, 0.15) is 0 Å². The minimum atomic E-state index is -0.666. The molecule has 0 radical (unpaired) electrons. The van der Waals surface area contributed by atoms with Gasteiger partial charge in [0.25, 0.3) is 0 Å². The van der Waals surface area contributed by atoms with Crippen LogP contribution in [0.2, 0.25) is 0 Å². The molecular formula is C12H15BrFNO2. The predicted molar refractivity (Wildman–Crippen MR) is 67.2 cm³/mol. The van der Waals surface area contributed by atoms with Crippen LogP contribution in [-0.2, 0) is 0 Å². The van der Waals surface area contributed by atoms with Gasteiger partial charge in [-0.1, -0.05) is 15.9 Å². The number of benzene rings is 1. The van der Waals surface area contributed by atoms with E-state index in [0.29, 0.717) is 4.47 Å². The molecule has 2 rings (SSSR count). The fourth-order valence-corrected chi connectivity index (χ4v) is 2.99. The van der Waals surface area contributed by atoms with E-state index in [-0.39, 0.29) is 11.7 Å². The van der Waals surface area contributed by atoms with Crippen molar-refractivity contribution in [3.8, 4) is 11.5 Å². The molecule has 0 spiro atoms. The highest BCUT2D eigenvalue weighted by Gasteiger charge is 2.25. The average molecular weight is 304 g/mol. The quantitative estimate of drug-likeness (QED) is 0.883. The number of ether oxygens (including phenoxy) is 1. The Labute approximate surface area is 108 Å². The number of phenolic OH excluding ortho intramolecular Hbond substituents is 1. The Morgan fingerprint density at radius 1 is 1.59 bits per heavy atom. The molecule has 2 N–H and O–H groups in total. The molecule has 0 bridgehead atoms. The second kappa shape index (κ2) is 5.23. The summed E-state index contributed by atoms with van der Waals surface area (Å²) in [4.78, 5) is 0. The lowest BCUT2D eigenvalue weighted by molar-refractivity contribution is 0.344. The maximum Gasteiger partial charge on any atom is 0.194 e. The van der Waals surface area contributed by atoms with Crippen molar-refractivity contribution in [3.63, 3.8) is 0 Å². The zero-order valence-electron chi connectivity index (χ0n) is 9.59. The van der Waals surface area contributed by atoms with Gasteiger partial charge in [-0.3, -0.25) is 0 Å². The number of halogens is 2. The number of methoxy groups -OCH3 is 1. The number of nitrogens with one attached hydrogen (secondary N) is 1. The van der Waals surface area contributed by atoms with E-state index in [4.69, 9.17) is 4.74 Å². The molecule has 0 aromatic heterocycles. The first-order valence-corrected chi connectivity index (χ1v) is 6.40. The van der Waals surface area contributed by atoms with E-state index in [0.717, 1.165) is 31.5 Å². The number of rotatable bonds is 2. The summed E-state index contributed by atoms with van der Waals surface area (Å²) in [5.41, 5.74) is 0.846. The van der Waals surface area contributed by atoms with Gasteiger partial charge in [-0.05, 0) is 25.5 Å². The summed E-state index contributed by atoms with van der Waals surface area (Å²) in [5.74, 6) is -0.595. The van der Waals surface area contributed by atoms with E-state index in [1.165, 1.54) is 13.2 Å². The fraction of sp³-hybridized carbons (Fsp3) is 0.500. The molecule has 5 heteroatoms. The molecule has 1 heterocycles. The van der Waals surface area contributed by atoms with Crippen LogP contribution in [0.5, 0.6) is 11.5 Å². The van der Waals surface area contributed by atoms with Crippen LogP contribution >= 0.6 is 15.9 Å². The molecule has 17 heavy (non-hydrogen) atoms. The summed E-state index contributed by atoms with van der Waals surface area (Å²) in [6.45, 7) is 1.82. The van der Waals surface area contributed by atoms with Gasteiger partial charge in [-0.15, -0.1) is 0 Å². The largest absolute Gasteiger partial charge is 0.502 e. The lowest BCUT2D eigenvalue weighted by atomic mass is 9.90. The molecule has 1 aliphatic heterocycles. The summed E-state index contributed by atoms with van der Waals surface area (Å²) in [5, 5.41) is 13.0. The highest BCUT2D eigenvalue weighted by Crippen LogP contribution is 2.43. The van der Waals surface area contributed by atoms with Gasteiger partial charge >= 0.3 is 0 Å². The molecule has 3 nitrogen and oxygen atoms in total. The summed E-state index contributed by atoms with van der Waals surface area (Å²) in [6.07, 6.45) is 2.07. The lowest BCUT2D eigenvalue weighted by Gasteiger charge is -2.26. The monoisotopic (exact) mass is 303 g/mol. The van der Waals surface area contributed by atoms with Crippen molar-refractivity contribution in [1.82, 2.24) is 5.32 Å². The van der Waals surface area contributed by atoms with Crippen LogP contribution in [0.15, 0.2) is 10.5 Å². The van der Waals surface area contributed by atoms with Crippen LogP contribution in [0, 0.1) is 5.82 Å². The lowest BCUT2D eigenvalue weighted by Crippen LogP contribution is -2.28. The van der Waals surface area contributed by atoms with Crippen LogP contribution in [0.1, 0.15) is 24.3 Å². The Morgan fingerprint density at radius 2 is 2.35 bits per heavy atom. The maximum absolute atomic E-state index is 13.4. The highest BCUT2D eigenvalue weighted by molar-refractivity contribution is 9.10. The molecule has 0 saturated carbocycles. The minimum Gasteiger partial charge on any atom is -0.502 e. The molecular weight excluding hydrogens is 289 g/mol. The molecule has 1 aliphatic rings. The molecule has 0 aliphatic carbocycles. The molecule has 1 unspecified atom stereocenters. The predicted octanol–water partition coefficient (Wildman–Crippen LogP) is 2.77. The van der Waals surface area contributed by atoms with Gasteiger partial charge in [0.05, 0.1) is 7.11 Å². The van der Waals surface area contributed by atoms with Gasteiger partial charge in [0.2, 0.25) is 0 Å². The summed E-state index contributed by atoms with van der Waals surface area (Å²) >= 11 is 3.35. The van der Waals surface area contributed by atoms with Crippen LogP contribution in [0.4, 0.5) is 4.39 Å². The van der Waals surface area contributed by atoms with Crippen molar-refractivity contribution < 1.29 is 14.2 Å². The van der Waals surface area contributed by atoms with Gasteiger partial charge in [-0.2, -0.15) is 0 Å². The normalized spacial score (nSPS) is 20.3. The second-order valence-corrected chi connectivity index (χ2v) is 5.03. The molecule has 0 amide bonds. The van der Waals surface area contributed by atoms with Crippen LogP contribution in [-0.4, -0.2) is 25.3 Å². The standard InChI is InChI=1S/C12H15BrFNO2/c1-17-12-10(7-3-2-4-15-6-7)8(13)5-9(14)11(12)16/h5,7,15-16H,2-4,6H2,1H3. The average Bonchev–Trinajstić information content (AvgIpc) is 2.34. The molecule has 1 fully saturated rings. The Balaban J connectivity index is 2.47. The van der Waals surface area contributed by atoms with Gasteiger partial charge in [0.15, 0.2) is 17.3 Å². The number of aromatic hydroxyl groups is 1. The number of piperidine rings is 1. The van der Waals surface area contributed by atoms with E-state index in [1.807, 2.05) is 0 Å². The third kappa shape index (κ3) is 2.40. The minimum absolute atomic E-state index is 0.236. The van der Waals surface area contributed by atoms with Crippen molar-refractivity contribution >= 4 is 15.9 Å². The molecule has 1 aromatic rings. The van der Waals surface area contributed by atoms with Crippen LogP contribution in [0.3, 0.4) is 0 Å². The van der Waals surface area contributed by atoms with Crippen LogP contribution < -0.4 is 10.1 Å². The summed E-state index contributed by atoms with van der Waals surface area (Å²) < 4.78 is 19.2. The Morgan fingerprint density at radius 3 is 2.94 bits per heavy atom. The van der Waals surface area contributed by atoms with Crippen LogP contribution in [0.25, 0.3) is 0 Å². The first kappa shape index (κ1) is 12.6. The number of hydrogen-bond acceptors (Lipinski definition) is 3. The second-order valence-electron chi connectivity index (χ2n) is 4.18. The van der Waals surface area contributed by atoms with E-state index < -0.39 is 11.6 Å². The first-order valence-electron chi connectivity index (χ1n) is 5.60. The smallest absolute Gasteiger partial charge is 0.194 e. The zero-order chi connectivity index (χ0) is 12.4. The van der Waals surface area contributed by atoms with Gasteiger partial charge in [-0.25, -0.2) is 4.39 Å². The van der Waals surface area contributed by atoms with Gasteiger partial charge in [0, 0.05) is 22.5 Å². The van der Waals surface area contributed by atoms with Crippen molar-refractivity contribution in [1.29, 1.82) is 0 Å². The maximum atomic E-state index is 13.4. The van der Waals surface area contributed by atoms with E-state index in [9.17, 15) is 9.50 Å². The van der Waals surface area contributed by atoms with Gasteiger partial charge < -0.3 is 15.2 Å². The fourth-order valence-electron chi connectivity index (χ4n) is 2.29. The first-order chi connectivity index (χ1) is 8.15. The zero-order valence-corrected chi connectivity index (χ0v) is 11.2. The Hall–Kier alpha value is -0.810. The molecule has 94 valence electrons. The summed E-state index contributed by atoms with van der Waals surface area (Å²) in [6, 6.07) is 1.29. The van der Waals surface area contributed by atoms with E-state index in [1.54, 1.807) is 0 Å². The Bertz CT molecular complexity index is 419. The van der Waals surface area contributed by atoms with Crippen molar-refractivity contribution in [2.24, 2.45) is 0 Å². The molecule has 1 atom stereocenters. The number of phenols is 1. The Kier molecular flexibility index (Phi) is 3.89. The van der Waals surface area contributed by atoms with Crippen molar-refractivity contribution in [2.45, 2.75) is 18.8 Å². The molecule has 1 saturated heterocycles. The van der Waals surface area contributed by atoms with Crippen molar-refractivity contribution in [2.75, 3.05) is 20.2 Å². The van der Waals surface area contributed by atoms with E-state index >= 15 is 0 Å². The van der Waals surface area contributed by atoms with E-state index in [2.05, 4.69) is 21.2 Å². The number of hydrogen-bond donors (Lipinski definition) is 2. The third-order valence-electron chi connectivity index (χ3n) is 3.11. The van der Waals surface area contributed by atoms with Crippen molar-refractivity contribution in [3.05, 3.63) is 21.9 Å². The summed E-state index contributed by atoms with van der Waals surface area (Å²) in [7, 11) is 1.45. The topological polar surface area (TPSA) is 41.5 Å².